The van der Waals surface area contributed by atoms with Gasteiger partial charge in [0.25, 0.3) is 0 Å². The number of carboxylic acid groups (broad SMARTS) is 1. The largest absolute Gasteiger partial charge is 0.478 e. The quantitative estimate of drug-likeness (QED) is 0.475. The fourth-order valence-electron chi connectivity index (χ4n) is 3.33. The summed E-state index contributed by atoms with van der Waals surface area (Å²) < 4.78 is 5.73. The van der Waals surface area contributed by atoms with Gasteiger partial charge in [0.15, 0.2) is 0 Å². The van der Waals surface area contributed by atoms with E-state index in [9.17, 15) is 4.79 Å². The summed E-state index contributed by atoms with van der Waals surface area (Å²) in [5.41, 5.74) is 2.28. The minimum Gasteiger partial charge on any atom is -0.478 e. The molecule has 1 N–H and O–H groups in total. The highest BCUT2D eigenvalue weighted by Gasteiger charge is 2.52. The van der Waals surface area contributed by atoms with Gasteiger partial charge in [-0.25, -0.2) is 4.79 Å². The molecule has 1 aliphatic carbocycles. The SMILES string of the molecule is C=C1CCCC(C)(C)[C@H]1[C@@H]1O[C@@H]1/C(C)=C/C(=O)O. The topological polar surface area (TPSA) is 49.8 Å². The minimum absolute atomic E-state index is 0.0276. The molecule has 1 aliphatic heterocycles. The van der Waals surface area contributed by atoms with Crippen molar-refractivity contribution in [3.8, 4) is 0 Å². The van der Waals surface area contributed by atoms with E-state index in [0.29, 0.717) is 5.92 Å². The number of carboxylic acids is 1. The zero-order valence-electron chi connectivity index (χ0n) is 11.4. The van der Waals surface area contributed by atoms with Gasteiger partial charge < -0.3 is 9.84 Å². The Bertz CT molecular complexity index is 406. The molecule has 1 saturated carbocycles. The molecule has 0 amide bonds. The van der Waals surface area contributed by atoms with E-state index in [1.54, 1.807) is 0 Å². The van der Waals surface area contributed by atoms with E-state index in [4.69, 9.17) is 9.84 Å². The van der Waals surface area contributed by atoms with Crippen LogP contribution < -0.4 is 0 Å². The zero-order valence-corrected chi connectivity index (χ0v) is 11.4. The summed E-state index contributed by atoms with van der Waals surface area (Å²) in [6.45, 7) is 10.5. The first-order valence-electron chi connectivity index (χ1n) is 6.57. The Labute approximate surface area is 109 Å². The number of hydrogen-bond acceptors (Lipinski definition) is 2. The van der Waals surface area contributed by atoms with Crippen molar-refractivity contribution in [2.24, 2.45) is 11.3 Å². The summed E-state index contributed by atoms with van der Waals surface area (Å²) in [5, 5.41) is 8.76. The molecule has 0 radical (unpaired) electrons. The van der Waals surface area contributed by atoms with Crippen LogP contribution in [0.1, 0.15) is 40.0 Å². The van der Waals surface area contributed by atoms with Crippen LogP contribution in [-0.4, -0.2) is 23.3 Å². The van der Waals surface area contributed by atoms with Crippen molar-refractivity contribution >= 4 is 5.97 Å². The third-order valence-electron chi connectivity index (χ3n) is 4.25. The molecule has 1 heterocycles. The van der Waals surface area contributed by atoms with Gasteiger partial charge in [0.2, 0.25) is 0 Å². The number of carbonyl (C=O) groups is 1. The van der Waals surface area contributed by atoms with E-state index < -0.39 is 5.97 Å². The Hall–Kier alpha value is -1.09. The van der Waals surface area contributed by atoms with Gasteiger partial charge in [0.05, 0.1) is 6.10 Å². The summed E-state index contributed by atoms with van der Waals surface area (Å²) >= 11 is 0. The van der Waals surface area contributed by atoms with Gasteiger partial charge in [0.1, 0.15) is 6.10 Å². The van der Waals surface area contributed by atoms with Gasteiger partial charge in [-0.1, -0.05) is 26.0 Å². The van der Waals surface area contributed by atoms with Crippen molar-refractivity contribution in [3.63, 3.8) is 0 Å². The Morgan fingerprint density at radius 2 is 2.22 bits per heavy atom. The molecule has 0 bridgehead atoms. The molecular weight excluding hydrogens is 228 g/mol. The van der Waals surface area contributed by atoms with Crippen LogP contribution in [0.4, 0.5) is 0 Å². The lowest BCUT2D eigenvalue weighted by Gasteiger charge is -2.39. The number of hydrogen-bond donors (Lipinski definition) is 1. The van der Waals surface area contributed by atoms with E-state index in [1.165, 1.54) is 24.5 Å². The van der Waals surface area contributed by atoms with Crippen LogP contribution in [0.2, 0.25) is 0 Å². The molecule has 1 saturated heterocycles. The first-order chi connectivity index (χ1) is 8.33. The second-order valence-corrected chi connectivity index (χ2v) is 6.23. The molecule has 2 aliphatic rings. The van der Waals surface area contributed by atoms with Crippen LogP contribution >= 0.6 is 0 Å². The number of rotatable bonds is 3. The summed E-state index contributed by atoms with van der Waals surface area (Å²) in [7, 11) is 0. The minimum atomic E-state index is -0.900. The monoisotopic (exact) mass is 250 g/mol. The normalized spacial score (nSPS) is 35.4. The maximum Gasteiger partial charge on any atom is 0.328 e. The van der Waals surface area contributed by atoms with Crippen molar-refractivity contribution < 1.29 is 14.6 Å². The summed E-state index contributed by atoms with van der Waals surface area (Å²) in [6, 6.07) is 0. The van der Waals surface area contributed by atoms with Gasteiger partial charge in [-0.2, -0.15) is 0 Å². The van der Waals surface area contributed by atoms with E-state index >= 15 is 0 Å². The van der Waals surface area contributed by atoms with E-state index in [-0.39, 0.29) is 17.6 Å². The van der Waals surface area contributed by atoms with Crippen LogP contribution in [0.5, 0.6) is 0 Å². The average molecular weight is 250 g/mol. The molecule has 18 heavy (non-hydrogen) atoms. The lowest BCUT2D eigenvalue weighted by Crippen LogP contribution is -2.34. The third kappa shape index (κ3) is 2.51. The van der Waals surface area contributed by atoms with Crippen molar-refractivity contribution in [3.05, 3.63) is 23.8 Å². The lowest BCUT2D eigenvalue weighted by molar-refractivity contribution is -0.131. The molecule has 0 spiro atoms. The average Bonchev–Trinajstić information content (AvgIpc) is 2.94. The molecule has 0 aromatic heterocycles. The third-order valence-corrected chi connectivity index (χ3v) is 4.25. The Morgan fingerprint density at radius 3 is 2.78 bits per heavy atom. The van der Waals surface area contributed by atoms with Gasteiger partial charge in [-0.3, -0.25) is 0 Å². The summed E-state index contributed by atoms with van der Waals surface area (Å²) in [6.07, 6.45) is 4.81. The predicted octanol–water partition coefficient (Wildman–Crippen LogP) is 3.17. The van der Waals surface area contributed by atoms with Crippen molar-refractivity contribution in [1.29, 1.82) is 0 Å². The van der Waals surface area contributed by atoms with Gasteiger partial charge in [-0.05, 0) is 37.2 Å². The Kier molecular flexibility index (Phi) is 3.37. The smallest absolute Gasteiger partial charge is 0.328 e. The molecule has 2 fully saturated rings. The highest BCUT2D eigenvalue weighted by atomic mass is 16.6. The molecule has 0 unspecified atom stereocenters. The molecule has 100 valence electrons. The zero-order chi connectivity index (χ0) is 13.5. The highest BCUT2D eigenvalue weighted by molar-refractivity contribution is 5.80. The van der Waals surface area contributed by atoms with Crippen molar-refractivity contribution in [1.82, 2.24) is 0 Å². The summed E-state index contributed by atoms with van der Waals surface area (Å²) in [4.78, 5) is 10.7. The van der Waals surface area contributed by atoms with Gasteiger partial charge in [-0.15, -0.1) is 0 Å². The molecular formula is C15H22O3. The van der Waals surface area contributed by atoms with Crippen LogP contribution in [0.15, 0.2) is 23.8 Å². The number of epoxide rings is 1. The van der Waals surface area contributed by atoms with Crippen LogP contribution in [0.3, 0.4) is 0 Å². The fourth-order valence-corrected chi connectivity index (χ4v) is 3.33. The van der Waals surface area contributed by atoms with Gasteiger partial charge in [0, 0.05) is 12.0 Å². The Balaban J connectivity index is 2.10. The second-order valence-electron chi connectivity index (χ2n) is 6.23. The molecule has 3 nitrogen and oxygen atoms in total. The van der Waals surface area contributed by atoms with E-state index in [1.807, 2.05) is 6.92 Å². The Morgan fingerprint density at radius 1 is 1.56 bits per heavy atom. The fraction of sp³-hybridized carbons (Fsp3) is 0.667. The maximum absolute atomic E-state index is 10.7. The number of ether oxygens (including phenoxy) is 1. The number of aliphatic carboxylic acids is 1. The maximum atomic E-state index is 10.7. The predicted molar refractivity (Wildman–Crippen MR) is 70.3 cm³/mol. The van der Waals surface area contributed by atoms with Crippen molar-refractivity contribution in [2.75, 3.05) is 0 Å². The highest BCUT2D eigenvalue weighted by Crippen LogP contribution is 2.51. The molecule has 0 aromatic carbocycles. The van der Waals surface area contributed by atoms with Crippen LogP contribution in [-0.2, 0) is 9.53 Å². The molecule has 2 rings (SSSR count). The lowest BCUT2D eigenvalue weighted by atomic mass is 9.65. The van der Waals surface area contributed by atoms with Gasteiger partial charge >= 0.3 is 5.97 Å². The van der Waals surface area contributed by atoms with Crippen LogP contribution in [0, 0.1) is 11.3 Å². The van der Waals surface area contributed by atoms with E-state index in [2.05, 4.69) is 20.4 Å². The van der Waals surface area contributed by atoms with Crippen molar-refractivity contribution in [2.45, 2.75) is 52.2 Å². The second kappa shape index (κ2) is 4.54. The molecule has 3 heteroatoms. The van der Waals surface area contributed by atoms with Crippen LogP contribution in [0.25, 0.3) is 0 Å². The summed E-state index contributed by atoms with van der Waals surface area (Å²) in [5.74, 6) is -0.545. The molecule has 3 atom stereocenters. The first kappa shape index (κ1) is 13.3. The molecule has 0 aromatic rings. The first-order valence-corrected chi connectivity index (χ1v) is 6.57. The standard InChI is InChI=1S/C15H22O3/c1-9-6-5-7-15(3,4)12(9)14-13(18-14)10(2)8-11(16)17/h8,12-14H,1,5-7H2,2-4H3,(H,16,17)/b10-8+/t12-,13-,14+/m1/s1. The van der Waals surface area contributed by atoms with E-state index in [0.717, 1.165) is 12.0 Å².